The summed E-state index contributed by atoms with van der Waals surface area (Å²) in [7, 11) is 2.05. The molecule has 0 aliphatic rings. The molecule has 4 aromatic rings. The van der Waals surface area contributed by atoms with Gasteiger partial charge in [0.2, 0.25) is 5.65 Å². The van der Waals surface area contributed by atoms with Gasteiger partial charge in [0, 0.05) is 6.07 Å². The summed E-state index contributed by atoms with van der Waals surface area (Å²) in [4.78, 5) is 4.68. The van der Waals surface area contributed by atoms with Crippen molar-refractivity contribution in [2.45, 2.75) is 6.92 Å². The molecule has 0 N–H and O–H groups in total. The van der Waals surface area contributed by atoms with E-state index >= 15 is 0 Å². The number of aromatic nitrogens is 4. The predicted molar refractivity (Wildman–Crippen MR) is 69.6 cm³/mol. The zero-order chi connectivity index (χ0) is 12.3. The molecule has 0 bridgehead atoms. The Morgan fingerprint density at radius 1 is 1.17 bits per heavy atom. The standard InChI is InChI=1S/C14H13N4/c1-10-4-3-5-11-13(10)18-12(15-11)6-7-17-9-8-16(2)14(17)18/h3-9H,1-2H3/q+1. The summed E-state index contributed by atoms with van der Waals surface area (Å²) in [5, 5.41) is 0. The van der Waals surface area contributed by atoms with Crippen molar-refractivity contribution in [3.8, 4) is 0 Å². The Hall–Kier alpha value is -2.36. The second-order valence-electron chi connectivity index (χ2n) is 4.68. The second-order valence-corrected chi connectivity index (χ2v) is 4.68. The van der Waals surface area contributed by atoms with Gasteiger partial charge >= 0.3 is 5.78 Å². The molecular formula is C14H13N4+. The van der Waals surface area contributed by atoms with Crippen LogP contribution in [0.5, 0.6) is 0 Å². The van der Waals surface area contributed by atoms with Gasteiger partial charge in [0.15, 0.2) is 0 Å². The summed E-state index contributed by atoms with van der Waals surface area (Å²) in [6.07, 6.45) is 6.16. The molecule has 0 atom stereocenters. The maximum absolute atomic E-state index is 4.68. The fourth-order valence-electron chi connectivity index (χ4n) is 2.65. The maximum atomic E-state index is 4.68. The summed E-state index contributed by atoms with van der Waals surface area (Å²) in [6, 6.07) is 8.30. The Balaban J connectivity index is 2.43. The molecule has 88 valence electrons. The molecule has 1 aromatic carbocycles. The number of hydrogen-bond acceptors (Lipinski definition) is 1. The van der Waals surface area contributed by atoms with E-state index in [1.165, 1.54) is 11.1 Å². The van der Waals surface area contributed by atoms with Crippen molar-refractivity contribution >= 4 is 22.5 Å². The highest BCUT2D eigenvalue weighted by molar-refractivity contribution is 5.84. The summed E-state index contributed by atoms with van der Waals surface area (Å²) >= 11 is 0. The Morgan fingerprint density at radius 2 is 2.06 bits per heavy atom. The zero-order valence-corrected chi connectivity index (χ0v) is 10.3. The third-order valence-corrected chi connectivity index (χ3v) is 3.49. The van der Waals surface area contributed by atoms with Gasteiger partial charge in [-0.2, -0.15) is 4.40 Å². The van der Waals surface area contributed by atoms with Crippen molar-refractivity contribution < 1.29 is 4.57 Å². The van der Waals surface area contributed by atoms with Crippen LogP contribution in [0.15, 0.2) is 42.9 Å². The van der Waals surface area contributed by atoms with Crippen LogP contribution >= 0.6 is 0 Å². The Labute approximate surface area is 104 Å². The lowest BCUT2D eigenvalue weighted by Crippen LogP contribution is -2.28. The van der Waals surface area contributed by atoms with Crippen molar-refractivity contribution in [3.63, 3.8) is 0 Å². The minimum absolute atomic E-state index is 0.987. The van der Waals surface area contributed by atoms with Crippen LogP contribution in [0.4, 0.5) is 0 Å². The van der Waals surface area contributed by atoms with Crippen molar-refractivity contribution in [1.82, 2.24) is 13.8 Å². The van der Waals surface area contributed by atoms with Crippen molar-refractivity contribution in [3.05, 3.63) is 48.4 Å². The third-order valence-electron chi connectivity index (χ3n) is 3.49. The van der Waals surface area contributed by atoms with Gasteiger partial charge in [0.1, 0.15) is 17.2 Å². The largest absolute Gasteiger partial charge is 0.375 e. The van der Waals surface area contributed by atoms with Gasteiger partial charge in [0.05, 0.1) is 19.4 Å². The van der Waals surface area contributed by atoms with Crippen molar-refractivity contribution in [2.75, 3.05) is 0 Å². The van der Waals surface area contributed by atoms with E-state index in [4.69, 9.17) is 0 Å². The van der Waals surface area contributed by atoms with Gasteiger partial charge in [-0.05, 0) is 18.6 Å². The smallest absolute Gasteiger partial charge is 0.237 e. The van der Waals surface area contributed by atoms with Crippen molar-refractivity contribution in [2.24, 2.45) is 7.05 Å². The average Bonchev–Trinajstić information content (AvgIpc) is 2.90. The molecule has 0 saturated heterocycles. The van der Waals surface area contributed by atoms with E-state index in [1.807, 2.05) is 12.3 Å². The molecule has 0 amide bonds. The van der Waals surface area contributed by atoms with E-state index in [0.29, 0.717) is 0 Å². The van der Waals surface area contributed by atoms with Gasteiger partial charge in [-0.1, -0.05) is 12.1 Å². The number of aryl methyl sites for hydroxylation is 2. The molecule has 0 unspecified atom stereocenters. The molecule has 0 saturated carbocycles. The lowest BCUT2D eigenvalue weighted by atomic mass is 10.2. The first-order valence-corrected chi connectivity index (χ1v) is 5.99. The zero-order valence-electron chi connectivity index (χ0n) is 10.3. The molecule has 4 heteroatoms. The van der Waals surface area contributed by atoms with E-state index in [0.717, 1.165) is 16.9 Å². The molecule has 0 aliphatic carbocycles. The molecule has 0 aliphatic heterocycles. The van der Waals surface area contributed by atoms with Gasteiger partial charge in [-0.3, -0.25) is 0 Å². The summed E-state index contributed by atoms with van der Waals surface area (Å²) in [5.74, 6) is 1.12. The van der Waals surface area contributed by atoms with Crippen LogP contribution in [0.25, 0.3) is 22.5 Å². The van der Waals surface area contributed by atoms with E-state index in [1.54, 1.807) is 0 Å². The number of hydrogen-bond donors (Lipinski definition) is 0. The van der Waals surface area contributed by atoms with Gasteiger partial charge in [-0.15, -0.1) is 0 Å². The van der Waals surface area contributed by atoms with Crippen LogP contribution in [-0.4, -0.2) is 13.8 Å². The fraction of sp³-hybridized carbons (Fsp3) is 0.143. The summed E-state index contributed by atoms with van der Waals surface area (Å²) < 4.78 is 6.44. The first kappa shape index (κ1) is 9.65. The first-order chi connectivity index (χ1) is 8.75. The van der Waals surface area contributed by atoms with Crippen LogP contribution in [0, 0.1) is 6.92 Å². The minimum Gasteiger partial charge on any atom is -0.237 e. The molecule has 18 heavy (non-hydrogen) atoms. The van der Waals surface area contributed by atoms with Crippen LogP contribution in [0.1, 0.15) is 5.56 Å². The minimum atomic E-state index is 0.987. The van der Waals surface area contributed by atoms with Crippen LogP contribution in [0.2, 0.25) is 0 Å². The maximum Gasteiger partial charge on any atom is 0.375 e. The normalized spacial score (nSPS) is 11.9. The van der Waals surface area contributed by atoms with E-state index in [9.17, 15) is 0 Å². The predicted octanol–water partition coefficient (Wildman–Crippen LogP) is 1.87. The highest BCUT2D eigenvalue weighted by atomic mass is 15.2. The van der Waals surface area contributed by atoms with Gasteiger partial charge in [0.25, 0.3) is 0 Å². The number of para-hydroxylation sites is 1. The summed E-state index contributed by atoms with van der Waals surface area (Å²) in [6.45, 7) is 2.13. The quantitative estimate of drug-likeness (QED) is 0.429. The molecule has 4 rings (SSSR count). The lowest BCUT2D eigenvalue weighted by molar-refractivity contribution is -0.646. The third kappa shape index (κ3) is 1.05. The Bertz CT molecular complexity index is 898. The molecule has 0 fully saturated rings. The van der Waals surface area contributed by atoms with E-state index < -0.39 is 0 Å². The Morgan fingerprint density at radius 3 is 2.94 bits per heavy atom. The monoisotopic (exact) mass is 237 g/mol. The van der Waals surface area contributed by atoms with E-state index in [2.05, 4.69) is 62.9 Å². The van der Waals surface area contributed by atoms with Gasteiger partial charge in [-0.25, -0.2) is 14.0 Å². The number of fused-ring (bicyclic) bond motifs is 5. The fourth-order valence-corrected chi connectivity index (χ4v) is 2.65. The van der Waals surface area contributed by atoms with E-state index in [-0.39, 0.29) is 0 Å². The van der Waals surface area contributed by atoms with Gasteiger partial charge < -0.3 is 0 Å². The second kappa shape index (κ2) is 3.10. The Kier molecular flexibility index (Phi) is 1.66. The van der Waals surface area contributed by atoms with Crippen molar-refractivity contribution in [1.29, 1.82) is 0 Å². The number of imidazole rings is 2. The number of nitrogens with zero attached hydrogens (tertiary/aromatic N) is 4. The highest BCUT2D eigenvalue weighted by Crippen LogP contribution is 2.21. The lowest BCUT2D eigenvalue weighted by Gasteiger charge is -1.97. The SMILES string of the molecule is Cc1cccc2nc3ccn4cc[n+](C)c4n3c12. The van der Waals surface area contributed by atoms with Crippen LogP contribution in [0.3, 0.4) is 0 Å². The van der Waals surface area contributed by atoms with Crippen LogP contribution < -0.4 is 4.57 Å². The molecule has 3 aromatic heterocycles. The molecular weight excluding hydrogens is 224 g/mol. The van der Waals surface area contributed by atoms with Crippen LogP contribution in [-0.2, 0) is 7.05 Å². The molecule has 0 spiro atoms. The highest BCUT2D eigenvalue weighted by Gasteiger charge is 2.17. The number of rotatable bonds is 0. The number of benzene rings is 1. The molecule has 0 radical (unpaired) electrons. The molecule has 3 heterocycles. The average molecular weight is 237 g/mol. The first-order valence-electron chi connectivity index (χ1n) is 5.99. The topological polar surface area (TPSA) is 25.6 Å². The summed E-state index contributed by atoms with van der Waals surface area (Å²) in [5.41, 5.74) is 4.46. The molecule has 4 nitrogen and oxygen atoms in total.